The van der Waals surface area contributed by atoms with Crippen LogP contribution in [0.3, 0.4) is 0 Å². The van der Waals surface area contributed by atoms with Crippen LogP contribution in [0.2, 0.25) is 0 Å². The predicted molar refractivity (Wildman–Crippen MR) is 85.2 cm³/mol. The fourth-order valence-electron chi connectivity index (χ4n) is 8.36. The van der Waals surface area contributed by atoms with Crippen molar-refractivity contribution in [1.29, 1.82) is 0 Å². The van der Waals surface area contributed by atoms with Gasteiger partial charge in [-0.3, -0.25) is 0 Å². The van der Waals surface area contributed by atoms with Gasteiger partial charge in [-0.05, 0) is 83.9 Å². The smallest absolute Gasteiger partial charge is 0.0232 e. The first-order valence-corrected chi connectivity index (χ1v) is 9.37. The normalized spacial score (nSPS) is 68.1. The average Bonchev–Trinajstić information content (AvgIpc) is 2.90. The lowest BCUT2D eigenvalue weighted by atomic mass is 9.64. The van der Waals surface area contributed by atoms with Crippen LogP contribution in [-0.4, -0.2) is 0 Å². The van der Waals surface area contributed by atoms with E-state index < -0.39 is 0 Å². The van der Waals surface area contributed by atoms with Crippen molar-refractivity contribution in [3.63, 3.8) is 0 Å². The standard InChI is InChI=1S/C20H34/c1-10-7-11(2)12(3)9-15-18-14(5)20(6)16(8-10)17(18)13(4)19(15)20/h10-19H,7-9H2,1-6H3. The van der Waals surface area contributed by atoms with Gasteiger partial charge in [-0.15, -0.1) is 0 Å². The van der Waals surface area contributed by atoms with Crippen LogP contribution in [0.5, 0.6) is 0 Å². The van der Waals surface area contributed by atoms with E-state index in [1.165, 1.54) is 19.3 Å². The zero-order valence-corrected chi connectivity index (χ0v) is 14.4. The minimum atomic E-state index is 0.702. The Labute approximate surface area is 126 Å². The van der Waals surface area contributed by atoms with Crippen LogP contribution in [-0.2, 0) is 0 Å². The van der Waals surface area contributed by atoms with Crippen LogP contribution in [0.25, 0.3) is 0 Å². The Morgan fingerprint density at radius 1 is 0.800 bits per heavy atom. The number of fused-ring (bicyclic) bond motifs is 5. The molecule has 0 aromatic rings. The molecule has 0 aromatic heterocycles. The quantitative estimate of drug-likeness (QED) is 0.549. The van der Waals surface area contributed by atoms with E-state index in [1.807, 2.05) is 0 Å². The van der Waals surface area contributed by atoms with E-state index in [2.05, 4.69) is 41.5 Å². The molecule has 11 unspecified atom stereocenters. The summed E-state index contributed by atoms with van der Waals surface area (Å²) in [5, 5.41) is 0. The van der Waals surface area contributed by atoms with Crippen molar-refractivity contribution in [3.05, 3.63) is 0 Å². The van der Waals surface area contributed by atoms with Crippen molar-refractivity contribution in [2.45, 2.75) is 60.8 Å². The average molecular weight is 274 g/mol. The Morgan fingerprint density at radius 3 is 2.05 bits per heavy atom. The van der Waals surface area contributed by atoms with Gasteiger partial charge in [0.1, 0.15) is 0 Å². The van der Waals surface area contributed by atoms with Crippen molar-refractivity contribution >= 4 is 0 Å². The van der Waals surface area contributed by atoms with Gasteiger partial charge in [-0.1, -0.05) is 41.5 Å². The summed E-state index contributed by atoms with van der Waals surface area (Å²) in [6.45, 7) is 15.6. The van der Waals surface area contributed by atoms with Gasteiger partial charge in [0.25, 0.3) is 0 Å². The van der Waals surface area contributed by atoms with Gasteiger partial charge in [0, 0.05) is 0 Å². The SMILES string of the molecule is CC1CC(C)C(C)CC2C3C4C(C)C2C(C)(C3C)C4C1. The van der Waals surface area contributed by atoms with E-state index in [9.17, 15) is 0 Å². The molecule has 6 rings (SSSR count). The van der Waals surface area contributed by atoms with Crippen molar-refractivity contribution < 1.29 is 0 Å². The minimum Gasteiger partial charge on any atom is -0.0625 e. The summed E-state index contributed by atoms with van der Waals surface area (Å²) in [6.07, 6.45) is 4.55. The highest BCUT2D eigenvalue weighted by atomic mass is 14.8. The van der Waals surface area contributed by atoms with Gasteiger partial charge in [-0.25, -0.2) is 0 Å². The summed E-state index contributed by atoms with van der Waals surface area (Å²) in [5.74, 6) is 10.3. The number of hydrogen-bond donors (Lipinski definition) is 0. The lowest BCUT2D eigenvalue weighted by Gasteiger charge is -2.41. The molecular weight excluding hydrogens is 240 g/mol. The van der Waals surface area contributed by atoms with Crippen LogP contribution >= 0.6 is 0 Å². The fourth-order valence-corrected chi connectivity index (χ4v) is 8.36. The van der Waals surface area contributed by atoms with Gasteiger partial charge >= 0.3 is 0 Å². The number of rotatable bonds is 0. The van der Waals surface area contributed by atoms with E-state index in [4.69, 9.17) is 0 Å². The Bertz CT molecular complexity index is 412. The third kappa shape index (κ3) is 1.35. The molecule has 0 N–H and O–H groups in total. The topological polar surface area (TPSA) is 0 Å². The Balaban J connectivity index is 1.76. The highest BCUT2D eigenvalue weighted by Crippen LogP contribution is 2.81. The molecule has 6 bridgehead atoms. The molecule has 0 radical (unpaired) electrons. The van der Waals surface area contributed by atoms with Gasteiger partial charge in [0.15, 0.2) is 0 Å². The van der Waals surface area contributed by atoms with E-state index in [0.29, 0.717) is 5.41 Å². The molecule has 0 amide bonds. The first kappa shape index (κ1) is 13.6. The molecular formula is C20H34. The largest absolute Gasteiger partial charge is 0.0625 e. The second-order valence-corrected chi connectivity index (χ2v) is 9.73. The van der Waals surface area contributed by atoms with Crippen molar-refractivity contribution in [2.75, 3.05) is 0 Å². The summed E-state index contributed by atoms with van der Waals surface area (Å²) >= 11 is 0. The molecule has 0 heterocycles. The Morgan fingerprint density at radius 2 is 1.45 bits per heavy atom. The van der Waals surface area contributed by atoms with Crippen molar-refractivity contribution in [3.8, 4) is 0 Å². The van der Waals surface area contributed by atoms with Crippen molar-refractivity contribution in [2.24, 2.45) is 64.6 Å². The molecule has 0 nitrogen and oxygen atoms in total. The zero-order chi connectivity index (χ0) is 14.4. The fraction of sp³-hybridized carbons (Fsp3) is 1.00. The van der Waals surface area contributed by atoms with Crippen LogP contribution in [0.4, 0.5) is 0 Å². The van der Waals surface area contributed by atoms with Gasteiger partial charge < -0.3 is 0 Å². The Hall–Kier alpha value is 0. The molecule has 6 saturated carbocycles. The lowest BCUT2D eigenvalue weighted by Crippen LogP contribution is -2.34. The first-order chi connectivity index (χ1) is 9.37. The third-order valence-corrected chi connectivity index (χ3v) is 9.16. The summed E-state index contributed by atoms with van der Waals surface area (Å²) < 4.78 is 0. The minimum absolute atomic E-state index is 0.702. The van der Waals surface area contributed by atoms with Crippen LogP contribution in [0.1, 0.15) is 60.8 Å². The molecule has 6 fully saturated rings. The lowest BCUT2D eigenvalue weighted by molar-refractivity contribution is 0.0767. The molecule has 0 aromatic carbocycles. The molecule has 11 atom stereocenters. The maximum absolute atomic E-state index is 2.70. The predicted octanol–water partition coefficient (Wildman–Crippen LogP) is 5.48. The monoisotopic (exact) mass is 274 g/mol. The van der Waals surface area contributed by atoms with E-state index in [-0.39, 0.29) is 0 Å². The second kappa shape index (κ2) is 4.05. The van der Waals surface area contributed by atoms with Crippen LogP contribution in [0, 0.1) is 64.6 Å². The molecule has 0 heteroatoms. The molecule has 20 heavy (non-hydrogen) atoms. The van der Waals surface area contributed by atoms with Gasteiger partial charge in [-0.2, -0.15) is 0 Å². The molecule has 0 saturated heterocycles. The van der Waals surface area contributed by atoms with Gasteiger partial charge in [0.05, 0.1) is 0 Å². The zero-order valence-electron chi connectivity index (χ0n) is 14.4. The second-order valence-electron chi connectivity index (χ2n) is 9.73. The highest BCUT2D eigenvalue weighted by Gasteiger charge is 2.76. The molecule has 6 aliphatic rings. The summed E-state index contributed by atoms with van der Waals surface area (Å²) in [5.41, 5.74) is 0.702. The van der Waals surface area contributed by atoms with Crippen LogP contribution < -0.4 is 0 Å². The molecule has 0 aliphatic heterocycles. The maximum Gasteiger partial charge on any atom is -0.0232 e. The Kier molecular flexibility index (Phi) is 2.76. The molecule has 114 valence electrons. The highest BCUT2D eigenvalue weighted by molar-refractivity contribution is 5.23. The summed E-state index contributed by atoms with van der Waals surface area (Å²) in [6, 6.07) is 0. The molecule has 6 aliphatic carbocycles. The summed E-state index contributed by atoms with van der Waals surface area (Å²) in [7, 11) is 0. The third-order valence-electron chi connectivity index (χ3n) is 9.16. The van der Waals surface area contributed by atoms with Crippen LogP contribution in [0.15, 0.2) is 0 Å². The number of hydrogen-bond acceptors (Lipinski definition) is 0. The first-order valence-electron chi connectivity index (χ1n) is 9.37. The maximum atomic E-state index is 2.70. The summed E-state index contributed by atoms with van der Waals surface area (Å²) in [4.78, 5) is 0. The molecule has 0 spiro atoms. The van der Waals surface area contributed by atoms with E-state index in [1.54, 1.807) is 0 Å². The van der Waals surface area contributed by atoms with Crippen molar-refractivity contribution in [1.82, 2.24) is 0 Å². The van der Waals surface area contributed by atoms with E-state index in [0.717, 1.165) is 59.2 Å². The van der Waals surface area contributed by atoms with E-state index >= 15 is 0 Å². The van der Waals surface area contributed by atoms with Gasteiger partial charge in [0.2, 0.25) is 0 Å².